The van der Waals surface area contributed by atoms with Crippen molar-refractivity contribution in [1.29, 1.82) is 0 Å². The van der Waals surface area contributed by atoms with Crippen LogP contribution >= 0.6 is 15.9 Å². The molecular formula is C29H26BrN3O3. The highest BCUT2D eigenvalue weighted by Gasteiger charge is 2.29. The molecule has 0 bridgehead atoms. The first-order valence-corrected chi connectivity index (χ1v) is 12.8. The molecule has 1 amide bonds. The number of nitrogens with zero attached hydrogens (tertiary/aromatic N) is 1. The van der Waals surface area contributed by atoms with Gasteiger partial charge in [-0.1, -0.05) is 42.5 Å². The maximum Gasteiger partial charge on any atom is 0.254 e. The van der Waals surface area contributed by atoms with Gasteiger partial charge < -0.3 is 15.2 Å². The number of pyridine rings is 1. The molecule has 1 saturated heterocycles. The second-order valence-electron chi connectivity index (χ2n) is 9.06. The minimum Gasteiger partial charge on any atom is -0.382 e. The summed E-state index contributed by atoms with van der Waals surface area (Å²) < 4.78 is 0.608. The summed E-state index contributed by atoms with van der Waals surface area (Å²) in [5.41, 5.74) is 4.11. The third-order valence-electron chi connectivity index (χ3n) is 6.77. The van der Waals surface area contributed by atoms with Gasteiger partial charge in [0.05, 0.1) is 20.9 Å². The topological polar surface area (TPSA) is 82.3 Å². The molecule has 3 aromatic carbocycles. The lowest BCUT2D eigenvalue weighted by molar-refractivity contribution is 0.0743. The average molecular weight is 544 g/mol. The lowest BCUT2D eigenvalue weighted by atomic mass is 10.0. The number of carbonyl (C=O) groups is 2. The van der Waals surface area contributed by atoms with Crippen molar-refractivity contribution < 1.29 is 9.59 Å². The van der Waals surface area contributed by atoms with E-state index in [0.29, 0.717) is 34.0 Å². The predicted molar refractivity (Wildman–Crippen MR) is 147 cm³/mol. The van der Waals surface area contributed by atoms with Crippen LogP contribution in [0.3, 0.4) is 0 Å². The molecule has 4 aromatic rings. The van der Waals surface area contributed by atoms with E-state index in [1.165, 1.54) is 13.1 Å². The zero-order valence-corrected chi connectivity index (χ0v) is 21.5. The Morgan fingerprint density at radius 3 is 2.47 bits per heavy atom. The van der Waals surface area contributed by atoms with Gasteiger partial charge in [-0.25, -0.2) is 0 Å². The Morgan fingerprint density at radius 2 is 1.75 bits per heavy atom. The number of aromatic nitrogens is 1. The molecule has 0 radical (unpaired) electrons. The average Bonchev–Trinajstić information content (AvgIpc) is 3.37. The van der Waals surface area contributed by atoms with Gasteiger partial charge in [-0.3, -0.25) is 14.4 Å². The van der Waals surface area contributed by atoms with E-state index in [0.717, 1.165) is 29.7 Å². The number of hydrogen-bond donors (Lipinski definition) is 2. The molecule has 7 heteroatoms. The smallest absolute Gasteiger partial charge is 0.254 e. The van der Waals surface area contributed by atoms with Crippen LogP contribution in [-0.2, 0) is 0 Å². The number of carbonyl (C=O) groups excluding carboxylic acids is 2. The molecule has 1 aliphatic heterocycles. The number of ketones is 1. The molecule has 1 atom stereocenters. The molecule has 36 heavy (non-hydrogen) atoms. The quantitative estimate of drug-likeness (QED) is 0.297. The lowest BCUT2D eigenvalue weighted by Crippen LogP contribution is -2.39. The van der Waals surface area contributed by atoms with E-state index in [-0.39, 0.29) is 28.7 Å². The summed E-state index contributed by atoms with van der Waals surface area (Å²) in [7, 11) is 0. The van der Waals surface area contributed by atoms with Crippen LogP contribution in [0.25, 0.3) is 22.0 Å². The van der Waals surface area contributed by atoms with E-state index in [4.69, 9.17) is 0 Å². The summed E-state index contributed by atoms with van der Waals surface area (Å²) in [6.07, 6.45) is 3.31. The first-order chi connectivity index (χ1) is 17.4. The maximum atomic E-state index is 13.3. The van der Waals surface area contributed by atoms with Crippen LogP contribution in [0.15, 0.2) is 82.2 Å². The SMILES string of the molecule is CC(=O)c1c[nH]c2ccc(NCC3CCCN3C(=O)c3ccc(-c4ccccc4)cc3)c(Br)c2c1=O. The fourth-order valence-electron chi connectivity index (χ4n) is 4.81. The molecule has 1 aliphatic rings. The number of hydrogen-bond acceptors (Lipinski definition) is 4. The minimum atomic E-state index is -0.302. The second kappa shape index (κ2) is 10.1. The number of anilines is 1. The van der Waals surface area contributed by atoms with Crippen molar-refractivity contribution in [3.8, 4) is 11.1 Å². The molecular weight excluding hydrogens is 518 g/mol. The van der Waals surface area contributed by atoms with Crippen LogP contribution < -0.4 is 10.7 Å². The van der Waals surface area contributed by atoms with Crippen molar-refractivity contribution in [2.24, 2.45) is 0 Å². The normalized spacial score (nSPS) is 15.3. The summed E-state index contributed by atoms with van der Waals surface area (Å²) >= 11 is 3.56. The molecule has 2 heterocycles. The van der Waals surface area contributed by atoms with E-state index in [1.807, 2.05) is 59.5 Å². The van der Waals surface area contributed by atoms with Gasteiger partial charge in [0.2, 0.25) is 5.43 Å². The van der Waals surface area contributed by atoms with Gasteiger partial charge >= 0.3 is 0 Å². The number of likely N-dealkylation sites (tertiary alicyclic amines) is 1. The second-order valence-corrected chi connectivity index (χ2v) is 9.85. The molecule has 1 fully saturated rings. The number of fused-ring (bicyclic) bond motifs is 1. The van der Waals surface area contributed by atoms with Crippen molar-refractivity contribution in [1.82, 2.24) is 9.88 Å². The molecule has 1 unspecified atom stereocenters. The largest absolute Gasteiger partial charge is 0.382 e. The maximum absolute atomic E-state index is 13.3. The van der Waals surface area contributed by atoms with Gasteiger partial charge in [0, 0.05) is 36.6 Å². The standard InChI is InChI=1S/C29H26BrN3O3/c1-18(34)23-17-32-24-13-14-25(27(30)26(24)28(23)35)31-16-22-8-5-15-33(22)29(36)21-11-9-20(10-12-21)19-6-3-2-4-7-19/h2-4,6-7,9-14,17,22,31H,5,8,15-16H2,1H3,(H,32,35). The van der Waals surface area contributed by atoms with Gasteiger partial charge in [-0.2, -0.15) is 0 Å². The molecule has 2 N–H and O–H groups in total. The third kappa shape index (κ3) is 4.58. The Balaban J connectivity index is 1.32. The van der Waals surface area contributed by atoms with Gasteiger partial charge in [-0.15, -0.1) is 0 Å². The molecule has 0 spiro atoms. The van der Waals surface area contributed by atoms with Crippen molar-refractivity contribution in [2.45, 2.75) is 25.8 Å². The number of benzene rings is 3. The van der Waals surface area contributed by atoms with Crippen LogP contribution in [0, 0.1) is 0 Å². The summed E-state index contributed by atoms with van der Waals surface area (Å²) in [5.74, 6) is -0.251. The van der Waals surface area contributed by atoms with E-state index >= 15 is 0 Å². The van der Waals surface area contributed by atoms with Crippen molar-refractivity contribution in [3.05, 3.63) is 98.7 Å². The van der Waals surface area contributed by atoms with Gasteiger partial charge in [0.15, 0.2) is 5.78 Å². The highest BCUT2D eigenvalue weighted by molar-refractivity contribution is 9.10. The third-order valence-corrected chi connectivity index (χ3v) is 7.59. The highest BCUT2D eigenvalue weighted by atomic mass is 79.9. The van der Waals surface area contributed by atoms with Crippen LogP contribution in [0.4, 0.5) is 5.69 Å². The van der Waals surface area contributed by atoms with E-state index < -0.39 is 0 Å². The number of Topliss-reactive ketones (excluding diaryl/α,β-unsaturated/α-hetero) is 1. The summed E-state index contributed by atoms with van der Waals surface area (Å²) in [5, 5.41) is 3.85. The zero-order valence-electron chi connectivity index (χ0n) is 19.9. The van der Waals surface area contributed by atoms with Crippen molar-refractivity contribution in [2.75, 3.05) is 18.4 Å². The zero-order chi connectivity index (χ0) is 25.2. The Hall–Kier alpha value is -3.71. The van der Waals surface area contributed by atoms with Crippen LogP contribution in [0.1, 0.15) is 40.5 Å². The molecule has 6 nitrogen and oxygen atoms in total. The number of rotatable bonds is 6. The number of nitrogens with one attached hydrogen (secondary N) is 2. The molecule has 1 aromatic heterocycles. The summed E-state index contributed by atoms with van der Waals surface area (Å²) in [6, 6.07) is 21.6. The number of H-pyrrole nitrogens is 1. The fraction of sp³-hybridized carbons (Fsp3) is 0.207. The van der Waals surface area contributed by atoms with Crippen LogP contribution in [0.5, 0.6) is 0 Å². The predicted octanol–water partition coefficient (Wildman–Crippen LogP) is 5.88. The van der Waals surface area contributed by atoms with Crippen molar-refractivity contribution in [3.63, 3.8) is 0 Å². The number of halogens is 1. The van der Waals surface area contributed by atoms with Gasteiger partial charge in [-0.05, 0) is 71.1 Å². The number of amides is 1. The Kier molecular flexibility index (Phi) is 6.74. The Bertz CT molecular complexity index is 1500. The summed E-state index contributed by atoms with van der Waals surface area (Å²) in [6.45, 7) is 2.65. The van der Waals surface area contributed by atoms with Crippen LogP contribution in [-0.4, -0.2) is 40.7 Å². The first-order valence-electron chi connectivity index (χ1n) is 12.0. The van der Waals surface area contributed by atoms with Gasteiger partial charge in [0.25, 0.3) is 5.91 Å². The monoisotopic (exact) mass is 543 g/mol. The first kappa shape index (κ1) is 24.0. The molecule has 0 aliphatic carbocycles. The fourth-order valence-corrected chi connectivity index (χ4v) is 5.48. The van der Waals surface area contributed by atoms with E-state index in [9.17, 15) is 14.4 Å². The molecule has 5 rings (SSSR count). The Labute approximate surface area is 217 Å². The van der Waals surface area contributed by atoms with E-state index in [2.05, 4.69) is 38.4 Å². The lowest BCUT2D eigenvalue weighted by Gasteiger charge is -2.26. The minimum absolute atomic E-state index is 0.0269. The van der Waals surface area contributed by atoms with E-state index in [1.54, 1.807) is 0 Å². The van der Waals surface area contributed by atoms with Crippen LogP contribution in [0.2, 0.25) is 0 Å². The highest BCUT2D eigenvalue weighted by Crippen LogP contribution is 2.30. The number of aromatic amines is 1. The summed E-state index contributed by atoms with van der Waals surface area (Å²) in [4.78, 5) is 43.0. The van der Waals surface area contributed by atoms with Gasteiger partial charge in [0.1, 0.15) is 0 Å². The molecule has 0 saturated carbocycles. The molecule has 182 valence electrons. The Morgan fingerprint density at radius 1 is 1.03 bits per heavy atom. The van der Waals surface area contributed by atoms with Crippen molar-refractivity contribution >= 4 is 44.2 Å².